The van der Waals surface area contributed by atoms with Gasteiger partial charge < -0.3 is 15.0 Å². The lowest BCUT2D eigenvalue weighted by Gasteiger charge is -2.32. The number of benzene rings is 3. The summed E-state index contributed by atoms with van der Waals surface area (Å²) >= 11 is 9.79. The number of carbonyl (C=O) groups is 2. The zero-order chi connectivity index (χ0) is 29.4. The smallest absolute Gasteiger partial charge is 0.264 e. The highest BCUT2D eigenvalue weighted by Crippen LogP contribution is 2.32. The first-order valence-electron chi connectivity index (χ1n) is 12.7. The predicted molar refractivity (Wildman–Crippen MR) is 161 cm³/mol. The number of rotatable bonds is 12. The third-order valence-corrected chi connectivity index (χ3v) is 9.02. The molecule has 0 aliphatic rings. The third kappa shape index (κ3) is 7.77. The Morgan fingerprint density at radius 2 is 1.73 bits per heavy atom. The topological polar surface area (TPSA) is 96.0 Å². The van der Waals surface area contributed by atoms with E-state index in [0.717, 1.165) is 20.8 Å². The van der Waals surface area contributed by atoms with Crippen LogP contribution in [0.5, 0.6) is 5.75 Å². The lowest BCUT2D eigenvalue weighted by Crippen LogP contribution is -2.52. The molecule has 0 radical (unpaired) electrons. The molecule has 0 aliphatic heterocycles. The second kappa shape index (κ2) is 14.0. The summed E-state index contributed by atoms with van der Waals surface area (Å²) in [6.45, 7) is 5.00. The molecular formula is C29H33BrClN3O5S. The maximum atomic E-state index is 14.0. The van der Waals surface area contributed by atoms with Crippen LogP contribution in [0.2, 0.25) is 5.02 Å². The minimum absolute atomic E-state index is 0.0100. The lowest BCUT2D eigenvalue weighted by molar-refractivity contribution is -0.139. The number of nitrogens with one attached hydrogen (secondary N) is 1. The van der Waals surface area contributed by atoms with Crippen molar-refractivity contribution in [2.45, 2.75) is 50.7 Å². The Morgan fingerprint density at radius 1 is 1.02 bits per heavy atom. The molecule has 0 saturated heterocycles. The number of carbonyl (C=O) groups excluding carboxylic acids is 2. The largest absolute Gasteiger partial charge is 0.495 e. The van der Waals surface area contributed by atoms with Crippen molar-refractivity contribution in [3.8, 4) is 5.75 Å². The summed E-state index contributed by atoms with van der Waals surface area (Å²) in [5.41, 5.74) is 0.956. The molecule has 0 unspecified atom stereocenters. The van der Waals surface area contributed by atoms with E-state index in [1.807, 2.05) is 38.1 Å². The van der Waals surface area contributed by atoms with Crippen LogP contribution in [-0.4, -0.2) is 50.9 Å². The maximum Gasteiger partial charge on any atom is 0.264 e. The van der Waals surface area contributed by atoms with Gasteiger partial charge in [-0.1, -0.05) is 64.8 Å². The van der Waals surface area contributed by atoms with E-state index in [-0.39, 0.29) is 34.1 Å². The van der Waals surface area contributed by atoms with Crippen molar-refractivity contribution >= 4 is 55.1 Å². The molecule has 8 nitrogen and oxygen atoms in total. The second-order valence-electron chi connectivity index (χ2n) is 9.29. The van der Waals surface area contributed by atoms with E-state index in [0.29, 0.717) is 5.75 Å². The summed E-state index contributed by atoms with van der Waals surface area (Å²) < 4.78 is 34.7. The van der Waals surface area contributed by atoms with Gasteiger partial charge in [0.05, 0.1) is 22.7 Å². The van der Waals surface area contributed by atoms with E-state index in [4.69, 9.17) is 16.3 Å². The summed E-state index contributed by atoms with van der Waals surface area (Å²) in [5.74, 6) is -0.527. The average Bonchev–Trinajstić information content (AvgIpc) is 2.94. The number of hydrogen-bond acceptors (Lipinski definition) is 5. The van der Waals surface area contributed by atoms with Gasteiger partial charge >= 0.3 is 0 Å². The van der Waals surface area contributed by atoms with E-state index in [2.05, 4.69) is 21.2 Å². The summed E-state index contributed by atoms with van der Waals surface area (Å²) in [7, 11) is -2.74. The maximum absolute atomic E-state index is 14.0. The van der Waals surface area contributed by atoms with Crippen LogP contribution in [0.4, 0.5) is 5.69 Å². The summed E-state index contributed by atoms with van der Waals surface area (Å²) in [6.07, 6.45) is 0.722. The van der Waals surface area contributed by atoms with Crippen LogP contribution in [-0.2, 0) is 26.2 Å². The lowest BCUT2D eigenvalue weighted by atomic mass is 10.1. The molecule has 3 aromatic rings. The fourth-order valence-corrected chi connectivity index (χ4v) is 6.06. The molecule has 3 aromatic carbocycles. The fourth-order valence-electron chi connectivity index (χ4n) is 3.94. The number of amides is 2. The van der Waals surface area contributed by atoms with Gasteiger partial charge in [0.2, 0.25) is 11.8 Å². The summed E-state index contributed by atoms with van der Waals surface area (Å²) in [4.78, 5) is 28.5. The molecule has 214 valence electrons. The monoisotopic (exact) mass is 649 g/mol. The number of methoxy groups -OCH3 is 1. The third-order valence-electron chi connectivity index (χ3n) is 6.44. The quantitative estimate of drug-likeness (QED) is 0.274. The van der Waals surface area contributed by atoms with Crippen LogP contribution in [0.3, 0.4) is 0 Å². The van der Waals surface area contributed by atoms with Crippen LogP contribution < -0.4 is 14.4 Å². The van der Waals surface area contributed by atoms with Crippen LogP contribution in [0.15, 0.2) is 82.2 Å². The van der Waals surface area contributed by atoms with Crippen molar-refractivity contribution in [1.82, 2.24) is 10.2 Å². The first-order valence-corrected chi connectivity index (χ1v) is 15.3. The van der Waals surface area contributed by atoms with E-state index < -0.39 is 28.5 Å². The van der Waals surface area contributed by atoms with Gasteiger partial charge in [0.25, 0.3) is 10.0 Å². The van der Waals surface area contributed by atoms with Gasteiger partial charge in [-0.2, -0.15) is 0 Å². The molecule has 0 heterocycles. The van der Waals surface area contributed by atoms with E-state index in [9.17, 15) is 18.0 Å². The van der Waals surface area contributed by atoms with Crippen LogP contribution in [0, 0.1) is 0 Å². The highest BCUT2D eigenvalue weighted by Gasteiger charge is 2.33. The number of halogens is 2. The Kier molecular flexibility index (Phi) is 11.0. The first kappa shape index (κ1) is 31.4. The number of ether oxygens (including phenoxy) is 1. The van der Waals surface area contributed by atoms with E-state index in [1.165, 1.54) is 42.3 Å². The van der Waals surface area contributed by atoms with Gasteiger partial charge in [-0.3, -0.25) is 13.9 Å². The fraction of sp³-hybridized carbons (Fsp3) is 0.310. The molecular weight excluding hydrogens is 618 g/mol. The van der Waals surface area contributed by atoms with Crippen molar-refractivity contribution in [1.29, 1.82) is 0 Å². The Labute approximate surface area is 249 Å². The standard InChI is InChI=1S/C29H33BrClN3O5S/c1-5-20(2)32-29(36)21(3)33(18-22-10-9-11-23(30)16-22)28(35)19-34(24-14-15-27(39-4)26(31)17-24)40(37,38)25-12-7-6-8-13-25/h6-17,20-21H,5,18-19H2,1-4H3,(H,32,36)/t20-,21-/m0/s1. The minimum atomic E-state index is -4.19. The number of anilines is 1. The zero-order valence-corrected chi connectivity index (χ0v) is 26.0. The average molecular weight is 651 g/mol. The SMILES string of the molecule is CC[C@H](C)NC(=O)[C@H](C)N(Cc1cccc(Br)c1)C(=O)CN(c1ccc(OC)c(Cl)c1)S(=O)(=O)c1ccccc1. The molecule has 0 spiro atoms. The van der Waals surface area contributed by atoms with Crippen LogP contribution in [0.1, 0.15) is 32.8 Å². The molecule has 1 N–H and O–H groups in total. The number of hydrogen-bond donors (Lipinski definition) is 1. The van der Waals surface area contributed by atoms with Gasteiger partial charge in [-0.25, -0.2) is 8.42 Å². The van der Waals surface area contributed by atoms with Gasteiger partial charge in [-0.05, 0) is 68.3 Å². The minimum Gasteiger partial charge on any atom is -0.495 e. The predicted octanol–water partition coefficient (Wildman–Crippen LogP) is 5.64. The molecule has 2 amide bonds. The number of nitrogens with zero attached hydrogens (tertiary/aromatic N) is 2. The summed E-state index contributed by atoms with van der Waals surface area (Å²) in [5, 5.41) is 3.11. The van der Waals surface area contributed by atoms with Crippen molar-refractivity contribution in [3.63, 3.8) is 0 Å². The van der Waals surface area contributed by atoms with Crippen LogP contribution in [0.25, 0.3) is 0 Å². The molecule has 0 aromatic heterocycles. The molecule has 2 atom stereocenters. The Balaban J connectivity index is 2.05. The van der Waals surface area contributed by atoms with Crippen LogP contribution >= 0.6 is 27.5 Å². The molecule has 0 saturated carbocycles. The molecule has 0 bridgehead atoms. The summed E-state index contributed by atoms with van der Waals surface area (Å²) in [6, 6.07) is 18.7. The van der Waals surface area contributed by atoms with Crippen molar-refractivity contribution in [2.75, 3.05) is 18.0 Å². The van der Waals surface area contributed by atoms with E-state index in [1.54, 1.807) is 25.1 Å². The normalized spacial score (nSPS) is 12.8. The van der Waals surface area contributed by atoms with Crippen molar-refractivity contribution < 1.29 is 22.7 Å². The Bertz CT molecular complexity index is 1440. The molecule has 40 heavy (non-hydrogen) atoms. The van der Waals surface area contributed by atoms with E-state index >= 15 is 0 Å². The zero-order valence-electron chi connectivity index (χ0n) is 22.8. The Hall–Kier alpha value is -3.08. The van der Waals surface area contributed by atoms with Gasteiger partial charge in [0.15, 0.2) is 0 Å². The highest BCUT2D eigenvalue weighted by atomic mass is 79.9. The molecule has 3 rings (SSSR count). The second-order valence-corrected chi connectivity index (χ2v) is 12.5. The van der Waals surface area contributed by atoms with Crippen molar-refractivity contribution in [2.24, 2.45) is 0 Å². The first-order chi connectivity index (χ1) is 19.0. The molecule has 0 fully saturated rings. The van der Waals surface area contributed by atoms with Crippen molar-refractivity contribution in [3.05, 3.63) is 87.9 Å². The highest BCUT2D eigenvalue weighted by molar-refractivity contribution is 9.10. The van der Waals surface area contributed by atoms with Gasteiger partial charge in [0, 0.05) is 17.1 Å². The Morgan fingerprint density at radius 3 is 2.33 bits per heavy atom. The number of sulfonamides is 1. The molecule has 0 aliphatic carbocycles. The van der Waals surface area contributed by atoms with Gasteiger partial charge in [-0.15, -0.1) is 0 Å². The molecule has 11 heteroatoms. The van der Waals surface area contributed by atoms with Gasteiger partial charge in [0.1, 0.15) is 18.3 Å².